The summed E-state index contributed by atoms with van der Waals surface area (Å²) in [5.74, 6) is 1.38. The molecular weight excluding hydrogens is 473 g/mol. The summed E-state index contributed by atoms with van der Waals surface area (Å²) >= 11 is 7.92. The lowest BCUT2D eigenvalue weighted by molar-refractivity contribution is 0.198. The van der Waals surface area contributed by atoms with Crippen LogP contribution in [0.2, 0.25) is 5.02 Å². The van der Waals surface area contributed by atoms with Crippen LogP contribution in [0.15, 0.2) is 30.5 Å². The fourth-order valence-electron chi connectivity index (χ4n) is 2.74. The molecule has 0 bridgehead atoms. The van der Waals surface area contributed by atoms with E-state index >= 15 is 0 Å². The number of anilines is 1. The van der Waals surface area contributed by atoms with Gasteiger partial charge < -0.3 is 30.1 Å². The Hall–Kier alpha value is -1.91. The Labute approximate surface area is 196 Å². The van der Waals surface area contributed by atoms with Crippen LogP contribution in [0.4, 0.5) is 5.82 Å². The van der Waals surface area contributed by atoms with E-state index in [4.69, 9.17) is 36.4 Å². The van der Waals surface area contributed by atoms with E-state index < -0.39 is 14.6 Å². The maximum absolute atomic E-state index is 8.79. The number of nitrogens with zero attached hydrogens (tertiary/aromatic N) is 3. The number of ether oxygens (including phenoxy) is 1. The predicted octanol–water partition coefficient (Wildman–Crippen LogP) is 3.98. The van der Waals surface area contributed by atoms with E-state index in [9.17, 15) is 0 Å². The first kappa shape index (κ1) is 24.7. The second-order valence-corrected chi connectivity index (χ2v) is 9.51. The molecule has 0 saturated heterocycles. The van der Waals surface area contributed by atoms with Crippen molar-refractivity contribution in [3.05, 3.63) is 41.0 Å². The normalized spacial score (nSPS) is 12.4. The minimum atomic E-state index is -2.44. The van der Waals surface area contributed by atoms with Crippen molar-refractivity contribution in [1.29, 1.82) is 0 Å². The van der Waals surface area contributed by atoms with Gasteiger partial charge in [0.25, 0.3) is 0 Å². The van der Waals surface area contributed by atoms with Gasteiger partial charge in [-0.2, -0.15) is 0 Å². The molecule has 9 nitrogen and oxygen atoms in total. The molecule has 2 aromatic heterocycles. The minimum Gasteiger partial charge on any atom is -0.492 e. The molecule has 0 amide bonds. The zero-order valence-corrected chi connectivity index (χ0v) is 20.3. The van der Waals surface area contributed by atoms with Crippen LogP contribution < -0.4 is 15.8 Å². The maximum Gasteiger partial charge on any atom is 0.327 e. The fourth-order valence-corrected chi connectivity index (χ4v) is 4.23. The lowest BCUT2D eigenvalue weighted by Crippen LogP contribution is -2.32. The van der Waals surface area contributed by atoms with Gasteiger partial charge in [-0.05, 0) is 50.6 Å². The van der Waals surface area contributed by atoms with Crippen molar-refractivity contribution in [2.45, 2.75) is 32.9 Å². The number of aromatic nitrogens is 3. The third-order valence-electron chi connectivity index (χ3n) is 4.22. The van der Waals surface area contributed by atoms with E-state index in [-0.39, 0.29) is 13.2 Å². The molecule has 1 atom stereocenters. The lowest BCUT2D eigenvalue weighted by Gasteiger charge is -2.16. The summed E-state index contributed by atoms with van der Waals surface area (Å²) in [5.41, 5.74) is 8.33. The van der Waals surface area contributed by atoms with Crippen LogP contribution >= 0.6 is 31.5 Å². The number of hydrogen-bond acceptors (Lipinski definition) is 10. The number of rotatable bonds is 10. The maximum atomic E-state index is 8.79. The Bertz CT molecular complexity index is 1040. The van der Waals surface area contributed by atoms with Crippen LogP contribution in [-0.2, 0) is 4.52 Å². The highest BCUT2D eigenvalue weighted by molar-refractivity contribution is 7.39. The monoisotopic (exact) mass is 497 g/mol. The third kappa shape index (κ3) is 6.79. The summed E-state index contributed by atoms with van der Waals surface area (Å²) < 4.78 is 10.4. The molecule has 3 rings (SSSR count). The number of pyridine rings is 1. The largest absolute Gasteiger partial charge is 0.492 e. The van der Waals surface area contributed by atoms with Gasteiger partial charge in [-0.25, -0.2) is 4.98 Å². The van der Waals surface area contributed by atoms with Gasteiger partial charge in [0.1, 0.15) is 28.2 Å². The number of hydrogen-bond donors (Lipinski definition) is 4. The molecule has 12 heteroatoms. The van der Waals surface area contributed by atoms with Gasteiger partial charge in [0.05, 0.1) is 17.7 Å². The highest BCUT2D eigenvalue weighted by atomic mass is 35.5. The highest BCUT2D eigenvalue weighted by Gasteiger charge is 2.16. The number of aryl methyl sites for hydroxylation is 1. The Morgan fingerprint density at radius 2 is 1.94 bits per heavy atom. The Kier molecular flexibility index (Phi) is 8.72. The van der Waals surface area contributed by atoms with Crippen LogP contribution in [0.5, 0.6) is 5.75 Å². The molecule has 0 aliphatic heterocycles. The van der Waals surface area contributed by atoms with Crippen molar-refractivity contribution < 1.29 is 19.0 Å². The van der Waals surface area contributed by atoms with Crippen LogP contribution in [0, 0.1) is 6.92 Å². The molecular formula is C20H25ClN5O4PS. The Morgan fingerprint density at radius 3 is 2.59 bits per heavy atom. The molecule has 32 heavy (non-hydrogen) atoms. The van der Waals surface area contributed by atoms with E-state index in [0.29, 0.717) is 21.8 Å². The molecule has 0 aliphatic carbocycles. The SMILES string of the molecule is Cc1cc(-c2nnc(-c3ccc(NC(C)C)nc3)s2)c(Cl)cc1OCC(N)COP(O)O. The molecule has 0 spiro atoms. The fraction of sp³-hybridized carbons (Fsp3) is 0.350. The minimum absolute atomic E-state index is 0.0273. The summed E-state index contributed by atoms with van der Waals surface area (Å²) in [6.45, 7) is 6.11. The summed E-state index contributed by atoms with van der Waals surface area (Å²) in [4.78, 5) is 22.0. The van der Waals surface area contributed by atoms with E-state index in [1.54, 1.807) is 12.3 Å². The summed E-state index contributed by atoms with van der Waals surface area (Å²) in [5, 5.41) is 13.7. The second kappa shape index (κ2) is 11.3. The Balaban J connectivity index is 1.71. The van der Waals surface area contributed by atoms with Gasteiger partial charge in [0.15, 0.2) is 0 Å². The molecule has 2 heterocycles. The van der Waals surface area contributed by atoms with Crippen molar-refractivity contribution in [2.75, 3.05) is 18.5 Å². The summed E-state index contributed by atoms with van der Waals surface area (Å²) in [7, 11) is -2.44. The number of benzene rings is 1. The van der Waals surface area contributed by atoms with E-state index in [1.165, 1.54) is 11.3 Å². The Morgan fingerprint density at radius 1 is 1.19 bits per heavy atom. The molecule has 172 valence electrons. The van der Waals surface area contributed by atoms with E-state index in [2.05, 4.69) is 34.3 Å². The molecule has 1 aromatic carbocycles. The summed E-state index contributed by atoms with van der Waals surface area (Å²) in [6, 6.07) is 7.25. The molecule has 3 aromatic rings. The van der Waals surface area contributed by atoms with Crippen molar-refractivity contribution in [2.24, 2.45) is 5.73 Å². The second-order valence-electron chi connectivity index (χ2n) is 7.36. The first-order valence-corrected chi connectivity index (χ1v) is 12.1. The van der Waals surface area contributed by atoms with Crippen molar-refractivity contribution >= 4 is 37.4 Å². The molecule has 0 radical (unpaired) electrons. The van der Waals surface area contributed by atoms with Crippen molar-refractivity contribution in [3.63, 3.8) is 0 Å². The van der Waals surface area contributed by atoms with Gasteiger partial charge >= 0.3 is 8.60 Å². The summed E-state index contributed by atoms with van der Waals surface area (Å²) in [6.07, 6.45) is 1.77. The first-order chi connectivity index (χ1) is 15.2. The van der Waals surface area contributed by atoms with E-state index in [0.717, 1.165) is 27.5 Å². The molecule has 0 fully saturated rings. The average molecular weight is 498 g/mol. The van der Waals surface area contributed by atoms with E-state index in [1.807, 2.05) is 25.1 Å². The highest BCUT2D eigenvalue weighted by Crippen LogP contribution is 2.37. The molecule has 0 saturated carbocycles. The number of nitrogens with two attached hydrogens (primary N) is 1. The molecule has 1 unspecified atom stereocenters. The van der Waals surface area contributed by atoms with Gasteiger partial charge in [-0.15, -0.1) is 10.2 Å². The van der Waals surface area contributed by atoms with Crippen molar-refractivity contribution in [3.8, 4) is 26.9 Å². The first-order valence-electron chi connectivity index (χ1n) is 9.79. The number of nitrogens with one attached hydrogen (secondary N) is 1. The predicted molar refractivity (Wildman–Crippen MR) is 128 cm³/mol. The zero-order chi connectivity index (χ0) is 23.3. The van der Waals surface area contributed by atoms with Gasteiger partial charge in [-0.1, -0.05) is 22.9 Å². The number of halogens is 1. The third-order valence-corrected chi connectivity index (χ3v) is 5.92. The topological polar surface area (TPSA) is 136 Å². The van der Waals surface area contributed by atoms with Gasteiger partial charge in [-0.3, -0.25) is 0 Å². The quantitative estimate of drug-likeness (QED) is 0.306. The lowest BCUT2D eigenvalue weighted by atomic mass is 10.1. The zero-order valence-electron chi connectivity index (χ0n) is 17.8. The van der Waals surface area contributed by atoms with Crippen LogP contribution in [-0.4, -0.2) is 50.3 Å². The van der Waals surface area contributed by atoms with Gasteiger partial charge in [0, 0.05) is 23.4 Å². The van der Waals surface area contributed by atoms with Crippen LogP contribution in [0.1, 0.15) is 19.4 Å². The van der Waals surface area contributed by atoms with Crippen LogP contribution in [0.25, 0.3) is 21.1 Å². The molecule has 5 N–H and O–H groups in total. The molecule has 0 aliphatic rings. The standard InChI is InChI=1S/C20H25ClN5O4PS/c1-11(2)24-18-5-4-13(8-23-18)19-25-26-20(32-19)15-6-12(3)17(7-16(15)21)29-9-14(22)10-30-31(27)28/h4-8,11,14,27-28H,9-10,22H2,1-3H3,(H,23,24). The average Bonchev–Trinajstić information content (AvgIpc) is 3.22. The van der Waals surface area contributed by atoms with Crippen LogP contribution in [0.3, 0.4) is 0 Å². The van der Waals surface area contributed by atoms with Gasteiger partial charge in [0.2, 0.25) is 0 Å². The smallest absolute Gasteiger partial charge is 0.327 e. The van der Waals surface area contributed by atoms with Crippen molar-refractivity contribution in [1.82, 2.24) is 15.2 Å².